The van der Waals surface area contributed by atoms with Crippen molar-refractivity contribution in [3.63, 3.8) is 0 Å². The second-order valence-electron chi connectivity index (χ2n) is 7.60. The first kappa shape index (κ1) is 26.3. The van der Waals surface area contributed by atoms with Crippen LogP contribution in [0.2, 0.25) is 5.02 Å². The number of halogens is 1. The molecule has 10 heteroatoms. The summed E-state index contributed by atoms with van der Waals surface area (Å²) in [4.78, 5) is 39.0. The van der Waals surface area contributed by atoms with Crippen LogP contribution in [0.15, 0.2) is 48.5 Å². The molecular formula is C23H28ClN3O5S. The number of Topliss-reactive ketones (excluding diaryl/α,β-unsaturated/α-hetero) is 1. The summed E-state index contributed by atoms with van der Waals surface area (Å²) >= 11 is 6.07. The van der Waals surface area contributed by atoms with Gasteiger partial charge < -0.3 is 10.2 Å². The molecule has 1 N–H and O–H groups in total. The normalized spacial score (nSPS) is 12.0. The van der Waals surface area contributed by atoms with E-state index in [4.69, 9.17) is 11.6 Å². The molecule has 0 fully saturated rings. The zero-order valence-corrected chi connectivity index (χ0v) is 20.6. The zero-order chi connectivity index (χ0) is 24.8. The molecule has 2 aromatic rings. The maximum absolute atomic E-state index is 13.4. The molecule has 0 aliphatic carbocycles. The minimum Gasteiger partial charge on any atom is -0.355 e. The second kappa shape index (κ2) is 11.3. The number of ketones is 1. The summed E-state index contributed by atoms with van der Waals surface area (Å²) < 4.78 is 26.0. The summed E-state index contributed by atoms with van der Waals surface area (Å²) in [5.74, 6) is -1.17. The molecule has 0 aromatic heterocycles. The average Bonchev–Trinajstić information content (AvgIpc) is 2.74. The molecule has 0 unspecified atom stereocenters. The van der Waals surface area contributed by atoms with Crippen LogP contribution in [0.1, 0.15) is 36.7 Å². The Morgan fingerprint density at radius 3 is 2.33 bits per heavy atom. The van der Waals surface area contributed by atoms with Gasteiger partial charge in [-0.25, -0.2) is 8.42 Å². The van der Waals surface area contributed by atoms with Crippen LogP contribution in [0, 0.1) is 0 Å². The summed E-state index contributed by atoms with van der Waals surface area (Å²) in [6.07, 6.45) is 0.981. The largest absolute Gasteiger partial charge is 0.355 e. The minimum atomic E-state index is -3.87. The molecule has 8 nitrogen and oxygen atoms in total. The molecule has 178 valence electrons. The lowest BCUT2D eigenvalue weighted by molar-refractivity contribution is -0.139. The summed E-state index contributed by atoms with van der Waals surface area (Å²) in [6.45, 7) is 4.62. The molecule has 33 heavy (non-hydrogen) atoms. The van der Waals surface area contributed by atoms with Crippen LogP contribution in [-0.2, 0) is 26.2 Å². The number of likely N-dealkylation sites (N-methyl/N-ethyl adjacent to an activating group) is 1. The monoisotopic (exact) mass is 493 g/mol. The van der Waals surface area contributed by atoms with Gasteiger partial charge in [-0.2, -0.15) is 0 Å². The van der Waals surface area contributed by atoms with Crippen LogP contribution < -0.4 is 9.62 Å². The standard InChI is InChI=1S/C23H28ClN3O5S/c1-5-25-23(30)16(2)26(14-18-8-6-10-20(24)12-18)22(29)15-27(33(4,31)32)21-11-7-9-19(13-21)17(3)28/h6-13,16H,5,14-15H2,1-4H3,(H,25,30)/t16-/m1/s1. The number of anilines is 1. The quantitative estimate of drug-likeness (QED) is 0.512. The van der Waals surface area contributed by atoms with Crippen molar-refractivity contribution in [3.05, 3.63) is 64.7 Å². The summed E-state index contributed by atoms with van der Waals surface area (Å²) in [5, 5.41) is 3.16. The van der Waals surface area contributed by atoms with Crippen molar-refractivity contribution in [2.45, 2.75) is 33.4 Å². The first-order chi connectivity index (χ1) is 15.4. The second-order valence-corrected chi connectivity index (χ2v) is 9.94. The Hall–Kier alpha value is -2.91. The third-order valence-electron chi connectivity index (χ3n) is 4.98. The number of hydrogen-bond acceptors (Lipinski definition) is 5. The number of carbonyl (C=O) groups excluding carboxylic acids is 3. The van der Waals surface area contributed by atoms with Crippen molar-refractivity contribution in [2.75, 3.05) is 23.7 Å². The van der Waals surface area contributed by atoms with Crippen LogP contribution in [0.4, 0.5) is 5.69 Å². The van der Waals surface area contributed by atoms with Gasteiger partial charge >= 0.3 is 0 Å². The van der Waals surface area contributed by atoms with Gasteiger partial charge in [0.1, 0.15) is 12.6 Å². The Balaban J connectivity index is 2.42. The highest BCUT2D eigenvalue weighted by atomic mass is 35.5. The fourth-order valence-electron chi connectivity index (χ4n) is 3.23. The molecule has 1 atom stereocenters. The maximum Gasteiger partial charge on any atom is 0.244 e. The van der Waals surface area contributed by atoms with Crippen LogP contribution in [-0.4, -0.2) is 56.3 Å². The summed E-state index contributed by atoms with van der Waals surface area (Å²) in [5.41, 5.74) is 1.20. The fourth-order valence-corrected chi connectivity index (χ4v) is 4.28. The van der Waals surface area contributed by atoms with E-state index in [-0.39, 0.29) is 23.9 Å². The molecular weight excluding hydrogens is 466 g/mol. The van der Waals surface area contributed by atoms with E-state index < -0.39 is 28.5 Å². The number of carbonyl (C=O) groups is 3. The van der Waals surface area contributed by atoms with Crippen molar-refractivity contribution >= 4 is 44.9 Å². The van der Waals surface area contributed by atoms with E-state index in [1.165, 1.54) is 24.0 Å². The first-order valence-corrected chi connectivity index (χ1v) is 12.6. The Labute approximate surface area is 199 Å². The number of hydrogen-bond donors (Lipinski definition) is 1. The minimum absolute atomic E-state index is 0.0583. The number of nitrogens with one attached hydrogen (secondary N) is 1. The Morgan fingerprint density at radius 1 is 1.09 bits per heavy atom. The summed E-state index contributed by atoms with van der Waals surface area (Å²) in [7, 11) is -3.87. The van der Waals surface area contributed by atoms with E-state index in [0.717, 1.165) is 10.6 Å². The molecule has 2 aromatic carbocycles. The molecule has 0 radical (unpaired) electrons. The lowest BCUT2D eigenvalue weighted by Gasteiger charge is -2.31. The lowest BCUT2D eigenvalue weighted by Crippen LogP contribution is -2.51. The first-order valence-electron chi connectivity index (χ1n) is 10.3. The smallest absolute Gasteiger partial charge is 0.244 e. The molecule has 0 aliphatic rings. The zero-order valence-electron chi connectivity index (χ0n) is 19.0. The van der Waals surface area contributed by atoms with E-state index in [1.54, 1.807) is 50.2 Å². The fraction of sp³-hybridized carbons (Fsp3) is 0.348. The molecule has 0 saturated heterocycles. The number of nitrogens with zero attached hydrogens (tertiary/aromatic N) is 2. The molecule has 0 saturated carbocycles. The predicted octanol–water partition coefficient (Wildman–Crippen LogP) is 2.86. The third-order valence-corrected chi connectivity index (χ3v) is 6.36. The van der Waals surface area contributed by atoms with Gasteiger partial charge in [-0.15, -0.1) is 0 Å². The molecule has 0 aliphatic heterocycles. The predicted molar refractivity (Wildman–Crippen MR) is 129 cm³/mol. The molecule has 2 amide bonds. The number of sulfonamides is 1. The molecule has 0 heterocycles. The highest BCUT2D eigenvalue weighted by molar-refractivity contribution is 7.92. The van der Waals surface area contributed by atoms with E-state index in [2.05, 4.69) is 5.32 Å². The number of rotatable bonds is 10. The van der Waals surface area contributed by atoms with Crippen LogP contribution in [0.25, 0.3) is 0 Å². The van der Waals surface area contributed by atoms with Gasteiger partial charge in [0.25, 0.3) is 0 Å². The van der Waals surface area contributed by atoms with Crippen molar-refractivity contribution in [1.29, 1.82) is 0 Å². The Bertz CT molecular complexity index is 1140. The average molecular weight is 494 g/mol. The van der Waals surface area contributed by atoms with Gasteiger partial charge in [-0.1, -0.05) is 35.9 Å². The summed E-state index contributed by atoms with van der Waals surface area (Å²) in [6, 6.07) is 12.1. The Kier molecular flexibility index (Phi) is 9.01. The maximum atomic E-state index is 13.4. The van der Waals surface area contributed by atoms with Gasteiger partial charge in [0, 0.05) is 23.7 Å². The van der Waals surface area contributed by atoms with Gasteiger partial charge in [-0.05, 0) is 50.6 Å². The van der Waals surface area contributed by atoms with Crippen molar-refractivity contribution in [1.82, 2.24) is 10.2 Å². The van der Waals surface area contributed by atoms with E-state index in [1.807, 2.05) is 0 Å². The van der Waals surface area contributed by atoms with Crippen LogP contribution in [0.3, 0.4) is 0 Å². The van der Waals surface area contributed by atoms with Crippen molar-refractivity contribution in [3.8, 4) is 0 Å². The Morgan fingerprint density at radius 2 is 1.76 bits per heavy atom. The van der Waals surface area contributed by atoms with Crippen LogP contribution in [0.5, 0.6) is 0 Å². The number of benzene rings is 2. The van der Waals surface area contributed by atoms with E-state index >= 15 is 0 Å². The van der Waals surface area contributed by atoms with Gasteiger partial charge in [0.15, 0.2) is 5.78 Å². The third kappa shape index (κ3) is 7.30. The highest BCUT2D eigenvalue weighted by Gasteiger charge is 2.30. The molecule has 0 bridgehead atoms. The van der Waals surface area contributed by atoms with Gasteiger partial charge in [0.2, 0.25) is 21.8 Å². The SMILES string of the molecule is CCNC(=O)[C@@H](C)N(Cc1cccc(Cl)c1)C(=O)CN(c1cccc(C(C)=O)c1)S(C)(=O)=O. The highest BCUT2D eigenvalue weighted by Crippen LogP contribution is 2.21. The molecule has 2 rings (SSSR count). The molecule has 0 spiro atoms. The topological polar surface area (TPSA) is 104 Å². The van der Waals surface area contributed by atoms with E-state index in [9.17, 15) is 22.8 Å². The lowest BCUT2D eigenvalue weighted by atomic mass is 10.1. The number of amides is 2. The van der Waals surface area contributed by atoms with Gasteiger partial charge in [0.05, 0.1) is 11.9 Å². The van der Waals surface area contributed by atoms with E-state index in [0.29, 0.717) is 22.7 Å². The van der Waals surface area contributed by atoms with Crippen molar-refractivity contribution < 1.29 is 22.8 Å². The van der Waals surface area contributed by atoms with Crippen LogP contribution >= 0.6 is 11.6 Å². The van der Waals surface area contributed by atoms with Gasteiger partial charge in [-0.3, -0.25) is 18.7 Å². The van der Waals surface area contributed by atoms with Crippen molar-refractivity contribution in [2.24, 2.45) is 0 Å².